The van der Waals surface area contributed by atoms with E-state index in [1.807, 2.05) is 11.9 Å². The van der Waals surface area contributed by atoms with E-state index in [-0.39, 0.29) is 36.8 Å². The Hall–Kier alpha value is -1.28. The minimum atomic E-state index is 0. The van der Waals surface area contributed by atoms with E-state index in [4.69, 9.17) is 0 Å². The van der Waals surface area contributed by atoms with Crippen LogP contribution in [0.3, 0.4) is 0 Å². The lowest BCUT2D eigenvalue weighted by atomic mass is 10.2. The number of carbonyl (C=O) groups excluding carboxylic acids is 1. The molecule has 1 aliphatic heterocycles. The zero-order chi connectivity index (χ0) is 14.7. The van der Waals surface area contributed by atoms with Crippen molar-refractivity contribution in [2.75, 3.05) is 20.1 Å². The summed E-state index contributed by atoms with van der Waals surface area (Å²) in [5, 5.41) is 5.69. The van der Waals surface area contributed by atoms with E-state index >= 15 is 0 Å². The molecule has 1 fully saturated rings. The van der Waals surface area contributed by atoms with Crippen LogP contribution in [0.5, 0.6) is 0 Å². The second-order valence-electron chi connectivity index (χ2n) is 4.98. The number of likely N-dealkylation sites (N-methyl/N-ethyl adjacent to an activating group) is 1. The van der Waals surface area contributed by atoms with Gasteiger partial charge in [0.25, 0.3) is 5.91 Å². The molecule has 1 N–H and O–H groups in total. The third kappa shape index (κ3) is 4.38. The second kappa shape index (κ2) is 9.12. The lowest BCUT2D eigenvalue weighted by molar-refractivity contribution is 0.0732. The summed E-state index contributed by atoms with van der Waals surface area (Å²) in [6, 6.07) is 0.268. The fourth-order valence-electron chi connectivity index (χ4n) is 2.60. The van der Waals surface area contributed by atoms with Crippen LogP contribution in [0, 0.1) is 0 Å². The predicted molar refractivity (Wildman–Crippen MR) is 95.6 cm³/mol. The Morgan fingerprint density at radius 3 is 2.96 bits per heavy atom. The summed E-state index contributed by atoms with van der Waals surface area (Å²) in [6.07, 6.45) is 7.01. The van der Waals surface area contributed by atoms with E-state index in [9.17, 15) is 4.79 Å². The van der Waals surface area contributed by atoms with Crippen LogP contribution in [-0.2, 0) is 0 Å². The summed E-state index contributed by atoms with van der Waals surface area (Å²) in [7, 11) is 1.91. The van der Waals surface area contributed by atoms with Gasteiger partial charge in [-0.05, 0) is 19.9 Å². The molecule has 126 valence electrons. The van der Waals surface area contributed by atoms with Crippen molar-refractivity contribution in [1.82, 2.24) is 25.2 Å². The Balaban J connectivity index is 0.00000132. The van der Waals surface area contributed by atoms with Crippen molar-refractivity contribution in [2.45, 2.75) is 18.9 Å². The number of aromatic nitrogens is 3. The molecular weight excluding hydrogens is 357 g/mol. The van der Waals surface area contributed by atoms with Crippen LogP contribution in [0.2, 0.25) is 0 Å². The van der Waals surface area contributed by atoms with Crippen LogP contribution in [0.15, 0.2) is 24.0 Å². The first kappa shape index (κ1) is 19.8. The molecule has 3 rings (SSSR count). The molecule has 0 bridgehead atoms. The van der Waals surface area contributed by atoms with Crippen molar-refractivity contribution >= 4 is 42.1 Å². The highest BCUT2D eigenvalue weighted by Crippen LogP contribution is 2.24. The van der Waals surface area contributed by atoms with Crippen molar-refractivity contribution in [3.63, 3.8) is 0 Å². The maximum atomic E-state index is 12.6. The first-order valence-electron chi connectivity index (χ1n) is 6.97. The van der Waals surface area contributed by atoms with E-state index in [2.05, 4.69) is 20.3 Å². The quantitative estimate of drug-likeness (QED) is 0.887. The fourth-order valence-corrected chi connectivity index (χ4v) is 3.35. The molecule has 2 aromatic rings. The molecule has 1 saturated heterocycles. The largest absolute Gasteiger partial charge is 0.333 e. The van der Waals surface area contributed by atoms with Crippen LogP contribution in [0.25, 0.3) is 10.7 Å². The SMILES string of the molecule is CNCC1CCCN1C(=O)c1csc(-c2cnccn2)n1.Cl.Cl. The summed E-state index contributed by atoms with van der Waals surface area (Å²) >= 11 is 1.43. The molecule has 0 spiro atoms. The highest BCUT2D eigenvalue weighted by atomic mass is 35.5. The molecule has 23 heavy (non-hydrogen) atoms. The number of hydrogen-bond donors (Lipinski definition) is 1. The Morgan fingerprint density at radius 1 is 1.43 bits per heavy atom. The van der Waals surface area contributed by atoms with Gasteiger partial charge < -0.3 is 10.2 Å². The van der Waals surface area contributed by atoms with Gasteiger partial charge in [0.2, 0.25) is 0 Å². The van der Waals surface area contributed by atoms with Crippen molar-refractivity contribution in [1.29, 1.82) is 0 Å². The van der Waals surface area contributed by atoms with Gasteiger partial charge in [-0.1, -0.05) is 0 Å². The molecule has 6 nitrogen and oxygen atoms in total. The van der Waals surface area contributed by atoms with Crippen LogP contribution < -0.4 is 5.32 Å². The smallest absolute Gasteiger partial charge is 0.273 e. The van der Waals surface area contributed by atoms with Gasteiger partial charge in [-0.2, -0.15) is 0 Å². The number of rotatable bonds is 4. The van der Waals surface area contributed by atoms with E-state index in [1.54, 1.807) is 24.0 Å². The number of halogens is 2. The molecule has 3 heterocycles. The molecular formula is C14H19Cl2N5OS. The summed E-state index contributed by atoms with van der Waals surface area (Å²) in [6.45, 7) is 1.63. The van der Waals surface area contributed by atoms with Gasteiger partial charge >= 0.3 is 0 Å². The van der Waals surface area contributed by atoms with Crippen LogP contribution in [0.4, 0.5) is 0 Å². The average molecular weight is 376 g/mol. The normalized spacial score (nSPS) is 16.6. The Bertz CT molecular complexity index is 625. The third-order valence-corrected chi connectivity index (χ3v) is 4.45. The van der Waals surface area contributed by atoms with Gasteiger partial charge in [-0.25, -0.2) is 4.98 Å². The Morgan fingerprint density at radius 2 is 2.26 bits per heavy atom. The summed E-state index contributed by atoms with van der Waals surface area (Å²) in [4.78, 5) is 27.2. The monoisotopic (exact) mass is 375 g/mol. The van der Waals surface area contributed by atoms with Crippen LogP contribution in [0.1, 0.15) is 23.3 Å². The van der Waals surface area contributed by atoms with Gasteiger partial charge in [0.05, 0.1) is 6.20 Å². The van der Waals surface area contributed by atoms with E-state index < -0.39 is 0 Å². The number of likely N-dealkylation sites (tertiary alicyclic amines) is 1. The maximum absolute atomic E-state index is 12.6. The fraction of sp³-hybridized carbons (Fsp3) is 0.429. The molecule has 1 aliphatic rings. The van der Waals surface area contributed by atoms with Gasteiger partial charge in [-0.15, -0.1) is 36.2 Å². The first-order chi connectivity index (χ1) is 10.3. The Kier molecular flexibility index (Phi) is 7.84. The van der Waals surface area contributed by atoms with Crippen LogP contribution in [-0.4, -0.2) is 51.9 Å². The lowest BCUT2D eigenvalue weighted by Gasteiger charge is -2.23. The van der Waals surface area contributed by atoms with E-state index in [0.717, 1.165) is 30.9 Å². The lowest BCUT2D eigenvalue weighted by Crippen LogP contribution is -2.40. The number of hydrogen-bond acceptors (Lipinski definition) is 6. The van der Waals surface area contributed by atoms with Crippen molar-refractivity contribution in [3.8, 4) is 10.7 Å². The van der Waals surface area contributed by atoms with E-state index in [0.29, 0.717) is 11.4 Å². The summed E-state index contributed by atoms with van der Waals surface area (Å²) < 4.78 is 0. The number of nitrogens with zero attached hydrogens (tertiary/aromatic N) is 4. The second-order valence-corrected chi connectivity index (χ2v) is 5.84. The molecule has 0 aromatic carbocycles. The number of nitrogens with one attached hydrogen (secondary N) is 1. The van der Waals surface area contributed by atoms with Crippen molar-refractivity contribution < 1.29 is 4.79 Å². The number of carbonyl (C=O) groups is 1. The van der Waals surface area contributed by atoms with Gasteiger partial charge in [0.1, 0.15) is 16.4 Å². The zero-order valence-electron chi connectivity index (χ0n) is 12.6. The summed E-state index contributed by atoms with van der Waals surface area (Å²) in [5.41, 5.74) is 1.21. The molecule has 0 radical (unpaired) electrons. The van der Waals surface area contributed by atoms with Gasteiger partial charge in [0, 0.05) is 36.9 Å². The molecule has 1 amide bonds. The maximum Gasteiger partial charge on any atom is 0.273 e. The predicted octanol–water partition coefficient (Wildman–Crippen LogP) is 2.27. The molecule has 1 unspecified atom stereocenters. The first-order valence-corrected chi connectivity index (χ1v) is 7.85. The molecule has 0 saturated carbocycles. The molecule has 2 aromatic heterocycles. The van der Waals surface area contributed by atoms with E-state index in [1.165, 1.54) is 11.3 Å². The minimum absolute atomic E-state index is 0. The van der Waals surface area contributed by atoms with Gasteiger partial charge in [0.15, 0.2) is 0 Å². The highest BCUT2D eigenvalue weighted by Gasteiger charge is 2.30. The van der Waals surface area contributed by atoms with Crippen LogP contribution >= 0.6 is 36.2 Å². The minimum Gasteiger partial charge on any atom is -0.333 e. The standard InChI is InChI=1S/C14H17N5OS.2ClH/c1-15-7-10-3-2-6-19(10)14(20)12-9-21-13(18-12)11-8-16-4-5-17-11;;/h4-5,8-10,15H,2-3,6-7H2,1H3;2*1H. The Labute approximate surface area is 151 Å². The zero-order valence-corrected chi connectivity index (χ0v) is 15.1. The average Bonchev–Trinajstić information content (AvgIpc) is 3.17. The molecule has 0 aliphatic carbocycles. The third-order valence-electron chi connectivity index (χ3n) is 3.58. The molecule has 1 atom stereocenters. The number of thiazole rings is 1. The molecule has 9 heteroatoms. The summed E-state index contributed by atoms with van der Waals surface area (Å²) in [5.74, 6) is 0.0131. The van der Waals surface area contributed by atoms with Crippen molar-refractivity contribution in [2.24, 2.45) is 0 Å². The van der Waals surface area contributed by atoms with Crippen molar-refractivity contribution in [3.05, 3.63) is 29.7 Å². The number of amides is 1. The highest BCUT2D eigenvalue weighted by molar-refractivity contribution is 7.13. The topological polar surface area (TPSA) is 71.0 Å². The van der Waals surface area contributed by atoms with Gasteiger partial charge in [-0.3, -0.25) is 14.8 Å².